The third-order valence-corrected chi connectivity index (χ3v) is 4.35. The van der Waals surface area contributed by atoms with E-state index in [9.17, 15) is 9.59 Å². The summed E-state index contributed by atoms with van der Waals surface area (Å²) in [5.74, 6) is -0.124. The number of carbonyl (C=O) groups is 2. The van der Waals surface area contributed by atoms with Gasteiger partial charge in [0.15, 0.2) is 5.54 Å². The molecule has 0 radical (unpaired) electrons. The predicted octanol–water partition coefficient (Wildman–Crippen LogP) is 3.68. The number of rotatable bonds is 7. The third-order valence-electron chi connectivity index (χ3n) is 4.13. The fourth-order valence-electron chi connectivity index (χ4n) is 3.12. The highest BCUT2D eigenvalue weighted by molar-refractivity contribution is 6.18. The summed E-state index contributed by atoms with van der Waals surface area (Å²) in [6, 6.07) is 0. The molecule has 0 aromatic carbocycles. The van der Waals surface area contributed by atoms with E-state index in [-0.39, 0.29) is 29.8 Å². The van der Waals surface area contributed by atoms with E-state index in [4.69, 9.17) is 21.4 Å². The average molecular weight is 378 g/mol. The van der Waals surface area contributed by atoms with Gasteiger partial charge in [-0.05, 0) is 25.2 Å². The summed E-state index contributed by atoms with van der Waals surface area (Å²) in [5.41, 5.74) is -0.832. The molecule has 0 aromatic heterocycles. The lowest BCUT2D eigenvalue weighted by Gasteiger charge is -2.44. The molecule has 3 unspecified atom stereocenters. The van der Waals surface area contributed by atoms with Crippen molar-refractivity contribution in [3.05, 3.63) is 12.7 Å². The second-order valence-corrected chi connectivity index (χ2v) is 5.74. The maximum Gasteiger partial charge on any atom is 0.336 e. The van der Waals surface area contributed by atoms with Crippen molar-refractivity contribution in [2.75, 3.05) is 13.0 Å². The normalized spacial score (nSPS) is 26.6. The molecule has 5 nitrogen and oxygen atoms in total. The summed E-state index contributed by atoms with van der Waals surface area (Å²) in [6.07, 6.45) is 4.61. The van der Waals surface area contributed by atoms with Crippen molar-refractivity contribution in [1.82, 2.24) is 5.32 Å². The molecule has 6 heteroatoms. The standard InChI is InChI=1S/C14H20ClNO3.2C2H6.CH4O/c1-3-5-9(4-2)8-14-11(19-13(14)18)10(6-7-15)12(17)16-14;3*1-2/h4,9-11H,2-3,5-8H2,1H3,(H,16,17);2*1-2H3;2H,1H3/t9?,10-,11?,14?;;;/m1.../s1. The summed E-state index contributed by atoms with van der Waals surface area (Å²) in [6.45, 7) is 13.9. The number of ether oxygens (including phenoxy) is 1. The quantitative estimate of drug-likeness (QED) is 0.403. The molecule has 4 atom stereocenters. The first-order chi connectivity index (χ1) is 12.1. The highest BCUT2D eigenvalue weighted by Crippen LogP contribution is 2.44. The summed E-state index contributed by atoms with van der Waals surface area (Å²) in [4.78, 5) is 23.9. The van der Waals surface area contributed by atoms with Gasteiger partial charge in [0.2, 0.25) is 5.91 Å². The minimum Gasteiger partial charge on any atom is -0.457 e. The van der Waals surface area contributed by atoms with E-state index < -0.39 is 5.54 Å². The van der Waals surface area contributed by atoms with Crippen molar-refractivity contribution in [3.8, 4) is 0 Å². The number of nitrogens with one attached hydrogen (secondary N) is 1. The lowest BCUT2D eigenvalue weighted by Crippen LogP contribution is -2.67. The fraction of sp³-hybridized carbons (Fsp3) is 0.789. The van der Waals surface area contributed by atoms with E-state index in [0.717, 1.165) is 20.0 Å². The van der Waals surface area contributed by atoms with E-state index >= 15 is 0 Å². The van der Waals surface area contributed by atoms with Gasteiger partial charge < -0.3 is 15.2 Å². The van der Waals surface area contributed by atoms with E-state index in [1.807, 2.05) is 33.8 Å². The molecular weight excluding hydrogens is 342 g/mol. The Bertz CT molecular complexity index is 403. The zero-order valence-corrected chi connectivity index (χ0v) is 17.4. The Balaban J connectivity index is 0. The van der Waals surface area contributed by atoms with Gasteiger partial charge in [0, 0.05) is 13.0 Å². The highest BCUT2D eigenvalue weighted by Gasteiger charge is 2.67. The van der Waals surface area contributed by atoms with Gasteiger partial charge in [-0.3, -0.25) is 4.79 Å². The summed E-state index contributed by atoms with van der Waals surface area (Å²) in [5, 5.41) is 9.85. The number of esters is 1. The number of aliphatic hydroxyl groups is 1. The van der Waals surface area contributed by atoms with Gasteiger partial charge >= 0.3 is 5.97 Å². The van der Waals surface area contributed by atoms with Crippen LogP contribution in [-0.2, 0) is 14.3 Å². The highest BCUT2D eigenvalue weighted by atomic mass is 35.5. The molecule has 0 aliphatic carbocycles. The zero-order chi connectivity index (χ0) is 20.0. The molecule has 2 rings (SSSR count). The molecule has 2 aliphatic rings. The van der Waals surface area contributed by atoms with Crippen LogP contribution in [0.5, 0.6) is 0 Å². The van der Waals surface area contributed by atoms with Crippen molar-refractivity contribution in [3.63, 3.8) is 0 Å². The number of fused-ring (bicyclic) bond motifs is 1. The van der Waals surface area contributed by atoms with E-state index in [2.05, 4.69) is 18.8 Å². The summed E-state index contributed by atoms with van der Waals surface area (Å²) >= 11 is 5.71. The van der Waals surface area contributed by atoms with Gasteiger partial charge in [-0.25, -0.2) is 4.79 Å². The van der Waals surface area contributed by atoms with Gasteiger partial charge in [-0.2, -0.15) is 0 Å². The second kappa shape index (κ2) is 14.1. The molecule has 2 fully saturated rings. The number of allylic oxidation sites excluding steroid dienone is 1. The van der Waals surface area contributed by atoms with Crippen LogP contribution in [0.3, 0.4) is 0 Å². The lowest BCUT2D eigenvalue weighted by molar-refractivity contribution is -0.193. The first-order valence-corrected chi connectivity index (χ1v) is 9.78. The molecule has 148 valence electrons. The average Bonchev–Trinajstić information content (AvgIpc) is 2.88. The SMILES string of the molecule is C=CC(CCC)CC12NC(=O)[C@H](CCCl)C1OC2=O.CC.CC.CO. The first kappa shape index (κ1) is 26.2. The fourth-order valence-corrected chi connectivity index (χ4v) is 3.35. The third kappa shape index (κ3) is 6.00. The molecule has 0 aromatic rings. The molecule has 2 aliphatic heterocycles. The number of hydrogen-bond donors (Lipinski definition) is 2. The van der Waals surface area contributed by atoms with Crippen LogP contribution < -0.4 is 5.32 Å². The van der Waals surface area contributed by atoms with E-state index in [1.165, 1.54) is 0 Å². The molecule has 25 heavy (non-hydrogen) atoms. The molecule has 0 bridgehead atoms. The van der Waals surface area contributed by atoms with Crippen molar-refractivity contribution in [2.24, 2.45) is 11.8 Å². The van der Waals surface area contributed by atoms with Crippen molar-refractivity contribution in [2.45, 2.75) is 71.9 Å². The van der Waals surface area contributed by atoms with Crippen LogP contribution in [0.2, 0.25) is 0 Å². The molecular formula is C19H36ClNO4. The zero-order valence-electron chi connectivity index (χ0n) is 16.6. The largest absolute Gasteiger partial charge is 0.457 e. The van der Waals surface area contributed by atoms with E-state index in [0.29, 0.717) is 18.7 Å². The van der Waals surface area contributed by atoms with Gasteiger partial charge in [0.25, 0.3) is 0 Å². The monoisotopic (exact) mass is 377 g/mol. The maximum atomic E-state index is 12.0. The van der Waals surface area contributed by atoms with Crippen LogP contribution in [-0.4, -0.2) is 41.6 Å². The van der Waals surface area contributed by atoms with Gasteiger partial charge in [0.1, 0.15) is 6.10 Å². The molecule has 0 spiro atoms. The minimum absolute atomic E-state index is 0.115. The van der Waals surface area contributed by atoms with Crippen LogP contribution >= 0.6 is 11.6 Å². The smallest absolute Gasteiger partial charge is 0.336 e. The predicted molar refractivity (Wildman–Crippen MR) is 104 cm³/mol. The van der Waals surface area contributed by atoms with Gasteiger partial charge in [-0.1, -0.05) is 47.1 Å². The molecule has 0 saturated carbocycles. The number of alkyl halides is 1. The molecule has 2 N–H and O–H groups in total. The Morgan fingerprint density at radius 1 is 1.32 bits per heavy atom. The topological polar surface area (TPSA) is 75.6 Å². The van der Waals surface area contributed by atoms with E-state index in [1.54, 1.807) is 0 Å². The van der Waals surface area contributed by atoms with Gasteiger partial charge in [-0.15, -0.1) is 18.2 Å². The number of hydrogen-bond acceptors (Lipinski definition) is 4. The van der Waals surface area contributed by atoms with Gasteiger partial charge in [0.05, 0.1) is 5.92 Å². The van der Waals surface area contributed by atoms with Crippen LogP contribution in [0.15, 0.2) is 12.7 Å². The summed E-state index contributed by atoms with van der Waals surface area (Å²) < 4.78 is 5.21. The molecule has 1 amide bonds. The first-order valence-electron chi connectivity index (χ1n) is 9.25. The molecule has 2 heterocycles. The number of amides is 1. The van der Waals surface area contributed by atoms with Crippen molar-refractivity contribution in [1.29, 1.82) is 0 Å². The Labute approximate surface area is 158 Å². The van der Waals surface area contributed by atoms with Crippen molar-refractivity contribution >= 4 is 23.5 Å². The maximum absolute atomic E-state index is 12.0. The van der Waals surface area contributed by atoms with Crippen molar-refractivity contribution < 1.29 is 19.4 Å². The number of halogens is 1. The summed E-state index contributed by atoms with van der Waals surface area (Å²) in [7, 11) is 1.00. The Hall–Kier alpha value is -1.07. The second-order valence-electron chi connectivity index (χ2n) is 5.36. The number of aliphatic hydroxyl groups excluding tert-OH is 1. The Morgan fingerprint density at radius 3 is 2.28 bits per heavy atom. The minimum atomic E-state index is -0.832. The Kier molecular flexibility index (Phi) is 14.8. The Morgan fingerprint density at radius 2 is 1.88 bits per heavy atom. The van der Waals surface area contributed by atoms with Crippen LogP contribution in [0.25, 0.3) is 0 Å². The lowest BCUT2D eigenvalue weighted by atomic mass is 9.76. The number of carbonyl (C=O) groups excluding carboxylic acids is 2. The van der Waals surface area contributed by atoms with Crippen LogP contribution in [0, 0.1) is 11.8 Å². The van der Waals surface area contributed by atoms with Crippen LogP contribution in [0.1, 0.15) is 60.3 Å². The van der Waals surface area contributed by atoms with Crippen LogP contribution in [0.4, 0.5) is 0 Å². The molecule has 2 saturated heterocycles.